The molecule has 0 radical (unpaired) electrons. The monoisotopic (exact) mass is 485 g/mol. The number of benzene rings is 3. The van der Waals surface area contributed by atoms with Gasteiger partial charge < -0.3 is 15.2 Å². The molecular weight excluding hydrogens is 459 g/mol. The average molecular weight is 486 g/mol. The molecule has 0 aromatic heterocycles. The molecule has 0 spiro atoms. The first kappa shape index (κ1) is 25.8. The summed E-state index contributed by atoms with van der Waals surface area (Å²) in [5.41, 5.74) is 1.64. The molecule has 3 aromatic rings. The summed E-state index contributed by atoms with van der Waals surface area (Å²) in [6.07, 6.45) is -3.68. The first-order chi connectivity index (χ1) is 16.7. The van der Waals surface area contributed by atoms with Gasteiger partial charge in [0.15, 0.2) is 0 Å². The van der Waals surface area contributed by atoms with E-state index in [9.17, 15) is 27.9 Å². The van der Waals surface area contributed by atoms with Crippen LogP contribution in [-0.2, 0) is 30.5 Å². The van der Waals surface area contributed by atoms with E-state index in [0.29, 0.717) is 30.8 Å². The maximum Gasteiger partial charge on any atom is 0.416 e. The van der Waals surface area contributed by atoms with Crippen LogP contribution in [0.4, 0.5) is 13.2 Å². The van der Waals surface area contributed by atoms with Crippen molar-refractivity contribution in [2.24, 2.45) is 5.92 Å². The van der Waals surface area contributed by atoms with E-state index in [2.05, 4.69) is 5.32 Å². The van der Waals surface area contributed by atoms with E-state index in [0.717, 1.165) is 35.4 Å². The minimum absolute atomic E-state index is 0.0572. The summed E-state index contributed by atoms with van der Waals surface area (Å²) in [5, 5.41) is 12.1. The Kier molecular flexibility index (Phi) is 8.52. The van der Waals surface area contributed by atoms with E-state index in [-0.39, 0.29) is 12.1 Å². The van der Waals surface area contributed by atoms with Crippen molar-refractivity contribution in [3.63, 3.8) is 0 Å². The van der Waals surface area contributed by atoms with Crippen LogP contribution in [0, 0.1) is 5.92 Å². The van der Waals surface area contributed by atoms with Gasteiger partial charge in [-0.2, -0.15) is 13.2 Å². The summed E-state index contributed by atoms with van der Waals surface area (Å²) in [6.45, 7) is 2.16. The molecule has 1 amide bonds. The number of carbonyl (C=O) groups excluding carboxylic acids is 1. The van der Waals surface area contributed by atoms with Crippen LogP contribution in [0.15, 0.2) is 72.8 Å². The summed E-state index contributed by atoms with van der Waals surface area (Å²) in [5.74, 6) is -1.43. The molecule has 3 aromatic carbocycles. The molecule has 0 saturated heterocycles. The highest BCUT2D eigenvalue weighted by molar-refractivity contribution is 5.94. The van der Waals surface area contributed by atoms with Gasteiger partial charge in [0.05, 0.1) is 11.5 Å². The predicted molar refractivity (Wildman–Crippen MR) is 125 cm³/mol. The summed E-state index contributed by atoms with van der Waals surface area (Å²) in [4.78, 5) is 24.0. The van der Waals surface area contributed by atoms with Crippen molar-refractivity contribution < 1.29 is 32.6 Å². The fourth-order valence-corrected chi connectivity index (χ4v) is 3.55. The van der Waals surface area contributed by atoms with Crippen molar-refractivity contribution in [1.82, 2.24) is 5.32 Å². The molecule has 0 fully saturated rings. The van der Waals surface area contributed by atoms with E-state index in [4.69, 9.17) is 4.74 Å². The third kappa shape index (κ3) is 7.34. The normalized spacial score (nSPS) is 12.1. The zero-order valence-corrected chi connectivity index (χ0v) is 19.1. The smallest absolute Gasteiger partial charge is 0.416 e. The molecule has 0 aliphatic heterocycles. The van der Waals surface area contributed by atoms with Gasteiger partial charge in [0, 0.05) is 17.7 Å². The molecule has 1 atom stereocenters. The van der Waals surface area contributed by atoms with Crippen LogP contribution in [0.2, 0.25) is 0 Å². The molecule has 1 unspecified atom stereocenters. The molecule has 2 N–H and O–H groups in total. The number of alkyl halides is 3. The summed E-state index contributed by atoms with van der Waals surface area (Å²) in [6, 6.07) is 18.8. The van der Waals surface area contributed by atoms with E-state index in [1.165, 1.54) is 0 Å². The molecule has 0 heterocycles. The van der Waals surface area contributed by atoms with Crippen LogP contribution >= 0.6 is 0 Å². The third-order valence-electron chi connectivity index (χ3n) is 5.60. The standard InChI is InChI=1S/C27H26F3NO4/c1-2-20(26(33)34)14-19-8-13-24(35-17-18-6-4-3-5-7-18)22(15-19)16-31-25(32)21-9-11-23(12-10-21)27(28,29)30/h3-13,15,20H,2,14,16-17H2,1H3,(H,31,32)(H,33,34). The second kappa shape index (κ2) is 11.6. The van der Waals surface area contributed by atoms with Crippen LogP contribution < -0.4 is 10.1 Å². The van der Waals surface area contributed by atoms with Gasteiger partial charge in [0.1, 0.15) is 12.4 Å². The van der Waals surface area contributed by atoms with Gasteiger partial charge in [0.25, 0.3) is 5.91 Å². The zero-order chi connectivity index (χ0) is 25.4. The second-order valence-electron chi connectivity index (χ2n) is 8.12. The van der Waals surface area contributed by atoms with Crippen LogP contribution in [0.3, 0.4) is 0 Å². The van der Waals surface area contributed by atoms with Crippen molar-refractivity contribution in [2.75, 3.05) is 0 Å². The van der Waals surface area contributed by atoms with Crippen molar-refractivity contribution in [2.45, 2.75) is 39.1 Å². The summed E-state index contributed by atoms with van der Waals surface area (Å²) in [7, 11) is 0. The number of rotatable bonds is 10. The van der Waals surface area contributed by atoms with Gasteiger partial charge >= 0.3 is 12.1 Å². The Hall–Kier alpha value is -3.81. The fraction of sp³-hybridized carbons (Fsp3) is 0.259. The predicted octanol–water partition coefficient (Wildman–Crippen LogP) is 5.87. The number of hydrogen-bond acceptors (Lipinski definition) is 3. The molecule has 8 heteroatoms. The molecule has 0 saturated carbocycles. The number of carboxylic acid groups (broad SMARTS) is 1. The lowest BCUT2D eigenvalue weighted by Crippen LogP contribution is -2.23. The number of aliphatic carboxylic acids is 1. The Labute approximate surface area is 201 Å². The topological polar surface area (TPSA) is 75.6 Å². The zero-order valence-electron chi connectivity index (χ0n) is 19.1. The highest BCUT2D eigenvalue weighted by Gasteiger charge is 2.30. The third-order valence-corrected chi connectivity index (χ3v) is 5.60. The molecule has 3 rings (SSSR count). The molecule has 0 bridgehead atoms. The summed E-state index contributed by atoms with van der Waals surface area (Å²) >= 11 is 0. The van der Waals surface area contributed by atoms with Crippen molar-refractivity contribution in [1.29, 1.82) is 0 Å². The number of amides is 1. The maximum absolute atomic E-state index is 12.8. The molecule has 35 heavy (non-hydrogen) atoms. The van der Waals surface area contributed by atoms with Crippen LogP contribution in [0.1, 0.15) is 46.0 Å². The lowest BCUT2D eigenvalue weighted by Gasteiger charge is -2.16. The van der Waals surface area contributed by atoms with Gasteiger partial charge in [-0.25, -0.2) is 0 Å². The highest BCUT2D eigenvalue weighted by atomic mass is 19.4. The Morgan fingerprint density at radius 2 is 1.66 bits per heavy atom. The number of ether oxygens (including phenoxy) is 1. The van der Waals surface area contributed by atoms with E-state index in [1.807, 2.05) is 30.3 Å². The first-order valence-corrected chi connectivity index (χ1v) is 11.1. The lowest BCUT2D eigenvalue weighted by atomic mass is 9.95. The Morgan fingerprint density at radius 3 is 2.26 bits per heavy atom. The largest absolute Gasteiger partial charge is 0.489 e. The Bertz CT molecular complexity index is 1150. The number of hydrogen-bond donors (Lipinski definition) is 2. The van der Waals surface area contributed by atoms with Crippen LogP contribution in [0.25, 0.3) is 0 Å². The van der Waals surface area contributed by atoms with Gasteiger partial charge in [-0.1, -0.05) is 49.4 Å². The first-order valence-electron chi connectivity index (χ1n) is 11.1. The van der Waals surface area contributed by atoms with Gasteiger partial charge in [-0.15, -0.1) is 0 Å². The van der Waals surface area contributed by atoms with Gasteiger partial charge in [0.2, 0.25) is 0 Å². The van der Waals surface area contributed by atoms with E-state index in [1.54, 1.807) is 25.1 Å². The molecule has 0 aliphatic rings. The Morgan fingerprint density at radius 1 is 0.971 bits per heavy atom. The van der Waals surface area contributed by atoms with Crippen LogP contribution in [0.5, 0.6) is 5.75 Å². The second-order valence-corrected chi connectivity index (χ2v) is 8.12. The van der Waals surface area contributed by atoms with Crippen molar-refractivity contribution in [3.8, 4) is 5.75 Å². The van der Waals surface area contributed by atoms with Gasteiger partial charge in [-0.3, -0.25) is 9.59 Å². The number of carbonyl (C=O) groups is 2. The highest BCUT2D eigenvalue weighted by Crippen LogP contribution is 2.29. The minimum Gasteiger partial charge on any atom is -0.489 e. The minimum atomic E-state index is -4.48. The van der Waals surface area contributed by atoms with Crippen molar-refractivity contribution >= 4 is 11.9 Å². The lowest BCUT2D eigenvalue weighted by molar-refractivity contribution is -0.141. The van der Waals surface area contributed by atoms with E-state index < -0.39 is 29.5 Å². The maximum atomic E-state index is 12.8. The molecule has 184 valence electrons. The SMILES string of the molecule is CCC(Cc1ccc(OCc2ccccc2)c(CNC(=O)c2ccc(C(F)(F)F)cc2)c1)C(=O)O. The van der Waals surface area contributed by atoms with Crippen molar-refractivity contribution in [3.05, 3.63) is 101 Å². The number of carboxylic acids is 1. The summed E-state index contributed by atoms with van der Waals surface area (Å²) < 4.78 is 44.3. The van der Waals surface area contributed by atoms with Gasteiger partial charge in [-0.05, 0) is 54.3 Å². The average Bonchev–Trinajstić information content (AvgIpc) is 2.85. The molecule has 0 aliphatic carbocycles. The Balaban J connectivity index is 1.77. The fourth-order valence-electron chi connectivity index (χ4n) is 3.55. The quantitative estimate of drug-likeness (QED) is 0.377. The molecular formula is C27H26F3NO4. The number of halogens is 3. The molecule has 5 nitrogen and oxygen atoms in total. The van der Waals surface area contributed by atoms with E-state index >= 15 is 0 Å². The number of nitrogens with one attached hydrogen (secondary N) is 1. The van der Waals surface area contributed by atoms with Crippen LogP contribution in [-0.4, -0.2) is 17.0 Å².